The van der Waals surface area contributed by atoms with Crippen LogP contribution in [0, 0.1) is 57.2 Å². The molecule has 0 spiro atoms. The van der Waals surface area contributed by atoms with Crippen molar-refractivity contribution in [3.63, 3.8) is 0 Å². The zero-order valence-electron chi connectivity index (χ0n) is 45.5. The number of benzene rings is 4. The summed E-state index contributed by atoms with van der Waals surface area (Å²) in [4.78, 5) is 59.6. The van der Waals surface area contributed by atoms with Crippen LogP contribution in [0.5, 0.6) is 11.5 Å². The molecule has 0 radical (unpaired) electrons. The summed E-state index contributed by atoms with van der Waals surface area (Å²) in [6, 6.07) is 25.7. The summed E-state index contributed by atoms with van der Waals surface area (Å²) in [5.74, 6) is 1.04. The maximum absolute atomic E-state index is 14.4. The van der Waals surface area contributed by atoms with Gasteiger partial charge < -0.3 is 9.47 Å². The van der Waals surface area contributed by atoms with Gasteiger partial charge in [-0.15, -0.1) is 0 Å². The lowest BCUT2D eigenvalue weighted by atomic mass is 9.76. The number of ether oxygens (including phenoxy) is 2. The molecular weight excluding hydrogens is 905 g/mol. The second kappa shape index (κ2) is 23.6. The molecule has 6 nitrogen and oxygen atoms in total. The van der Waals surface area contributed by atoms with Gasteiger partial charge in [0, 0.05) is 41.8 Å². The number of esters is 2. The molecule has 4 aromatic rings. The van der Waals surface area contributed by atoms with Crippen LogP contribution in [0.25, 0.3) is 0 Å². The van der Waals surface area contributed by atoms with Crippen molar-refractivity contribution in [3.8, 4) is 11.5 Å². The highest BCUT2D eigenvalue weighted by Crippen LogP contribution is 2.43. The van der Waals surface area contributed by atoms with Gasteiger partial charge in [0.05, 0.1) is 11.8 Å². The molecule has 0 aliphatic heterocycles. The molecule has 0 bridgehead atoms. The van der Waals surface area contributed by atoms with Crippen LogP contribution in [0.1, 0.15) is 194 Å². The largest absolute Gasteiger partial charge is 0.426 e. The van der Waals surface area contributed by atoms with Crippen LogP contribution < -0.4 is 9.47 Å². The van der Waals surface area contributed by atoms with Gasteiger partial charge in [0.15, 0.2) is 11.6 Å². The topological polar surface area (TPSA) is 86.7 Å². The first-order chi connectivity index (χ1) is 32.5. The van der Waals surface area contributed by atoms with Crippen molar-refractivity contribution in [2.24, 2.45) is 57.2 Å². The third kappa shape index (κ3) is 17.0. The number of fused-ring (bicyclic) bond motifs is 2. The minimum Gasteiger partial charge on any atom is -0.426 e. The van der Waals surface area contributed by atoms with Crippen LogP contribution in [0.4, 0.5) is 0 Å². The van der Waals surface area contributed by atoms with E-state index < -0.39 is 0 Å². The van der Waals surface area contributed by atoms with Crippen LogP contribution >= 0.6 is 23.5 Å². The molecule has 6 unspecified atom stereocenters. The Balaban J connectivity index is 1.28. The van der Waals surface area contributed by atoms with Gasteiger partial charge in [-0.2, -0.15) is 0 Å². The zero-order chi connectivity index (χ0) is 51.9. The van der Waals surface area contributed by atoms with Crippen molar-refractivity contribution in [3.05, 3.63) is 107 Å². The molecule has 0 heterocycles. The number of carbonyl (C=O) groups is 4. The predicted molar refractivity (Wildman–Crippen MR) is 291 cm³/mol. The van der Waals surface area contributed by atoms with E-state index in [1.807, 2.05) is 72.8 Å². The third-order valence-electron chi connectivity index (χ3n) is 13.3. The highest BCUT2D eigenvalue weighted by molar-refractivity contribution is 7.99. The Morgan fingerprint density at radius 1 is 0.471 bits per heavy atom. The van der Waals surface area contributed by atoms with Crippen molar-refractivity contribution in [2.45, 2.75) is 182 Å². The molecule has 0 aromatic heterocycles. The van der Waals surface area contributed by atoms with Gasteiger partial charge in [-0.05, 0) is 157 Å². The van der Waals surface area contributed by atoms with E-state index >= 15 is 0 Å². The average Bonchev–Trinajstić information content (AvgIpc) is 3.23. The Morgan fingerprint density at radius 3 is 1.30 bits per heavy atom. The first kappa shape index (κ1) is 56.8. The van der Waals surface area contributed by atoms with Crippen LogP contribution in [0.3, 0.4) is 0 Å². The van der Waals surface area contributed by atoms with Crippen molar-refractivity contribution < 1.29 is 28.7 Å². The molecule has 70 heavy (non-hydrogen) atoms. The summed E-state index contributed by atoms with van der Waals surface area (Å²) in [5.41, 5.74) is 2.22. The van der Waals surface area contributed by atoms with E-state index in [0.29, 0.717) is 55.4 Å². The summed E-state index contributed by atoms with van der Waals surface area (Å²) in [7, 11) is 0. The summed E-state index contributed by atoms with van der Waals surface area (Å²) in [5, 5.41) is 0. The minimum atomic E-state index is -0.208. The van der Waals surface area contributed by atoms with Crippen molar-refractivity contribution in [1.29, 1.82) is 0 Å². The smallest absolute Gasteiger partial charge is 0.314 e. The van der Waals surface area contributed by atoms with Gasteiger partial charge in [0.1, 0.15) is 11.5 Å². The van der Waals surface area contributed by atoms with E-state index in [0.717, 1.165) is 61.2 Å². The summed E-state index contributed by atoms with van der Waals surface area (Å²) >= 11 is 2.82. The predicted octanol–water partition coefficient (Wildman–Crippen LogP) is 17.7. The summed E-state index contributed by atoms with van der Waals surface area (Å²) in [6.45, 7) is 35.8. The third-order valence-corrected chi connectivity index (χ3v) is 15.5. The highest BCUT2D eigenvalue weighted by Gasteiger charge is 2.35. The van der Waals surface area contributed by atoms with Gasteiger partial charge in [-0.3, -0.25) is 19.2 Å². The fourth-order valence-electron chi connectivity index (χ4n) is 10.5. The Labute approximate surface area is 431 Å². The average molecular weight is 989 g/mol. The van der Waals surface area contributed by atoms with Crippen LogP contribution in [0.15, 0.2) is 105 Å². The monoisotopic (exact) mass is 989 g/mol. The fraction of sp³-hybridized carbons (Fsp3) is 0.548. The lowest BCUT2D eigenvalue weighted by Crippen LogP contribution is -2.30. The molecule has 5 rings (SSSR count). The zero-order valence-corrected chi connectivity index (χ0v) is 47.1. The molecule has 4 aromatic carbocycles. The highest BCUT2D eigenvalue weighted by atomic mass is 32.2. The van der Waals surface area contributed by atoms with Crippen molar-refractivity contribution in [2.75, 3.05) is 0 Å². The number of carbonyl (C=O) groups excluding carboxylic acids is 4. The lowest BCUT2D eigenvalue weighted by molar-refractivity contribution is -0.142. The Morgan fingerprint density at radius 2 is 0.886 bits per heavy atom. The van der Waals surface area contributed by atoms with Gasteiger partial charge in [-0.1, -0.05) is 159 Å². The van der Waals surface area contributed by atoms with Gasteiger partial charge in [0.2, 0.25) is 0 Å². The van der Waals surface area contributed by atoms with Crippen molar-refractivity contribution >= 4 is 47.0 Å². The standard InChI is InChI=1S/C62H84O6S2/c1-39(36-60(8,9)10)23-32-47(42(4)38-62(14,15)16)57(65)67-43-24-28-45(29-25-43)69-51-21-17-19-48-53(51)55(63)49-20-18-22-52(54(49)56(48)64)70-46-30-26-44(27-31-46)68-58(66)50(35-40(2)37-61(11,12)13)41(3)33-34-59(5,6)7/h17-22,24-31,39-42,47,50H,23,32-38H2,1-16H3. The number of ketones is 2. The number of hydrogen-bond acceptors (Lipinski definition) is 8. The number of rotatable bonds is 20. The SMILES string of the molecule is CC(CCC(C(=O)Oc1ccc(Sc2cccc3c2C(=O)c2cccc(Sc4ccc(OC(=O)C(CC(C)CC(C)(C)C)C(C)CCC(C)(C)C)cc4)c2C3=O)cc1)C(C)CC(C)(C)C)CC(C)(C)C. The molecule has 0 fully saturated rings. The Kier molecular flexibility index (Phi) is 19.1. The van der Waals surface area contributed by atoms with E-state index in [2.05, 4.69) is 111 Å². The number of hydrogen-bond donors (Lipinski definition) is 0. The van der Waals surface area contributed by atoms with Gasteiger partial charge in [0.25, 0.3) is 0 Å². The molecule has 380 valence electrons. The first-order valence-corrected chi connectivity index (χ1v) is 27.4. The Bertz CT molecular complexity index is 2420. The molecule has 1 aliphatic carbocycles. The van der Waals surface area contributed by atoms with Gasteiger partial charge in [-0.25, -0.2) is 0 Å². The van der Waals surface area contributed by atoms with Gasteiger partial charge >= 0.3 is 11.9 Å². The summed E-state index contributed by atoms with van der Waals surface area (Å²) < 4.78 is 12.2. The molecule has 0 N–H and O–H groups in total. The second-order valence-corrected chi connectivity index (χ2v) is 27.8. The van der Waals surface area contributed by atoms with Crippen LogP contribution in [-0.4, -0.2) is 23.5 Å². The molecule has 6 atom stereocenters. The molecule has 0 saturated heterocycles. The Hall–Kier alpha value is -4.14. The van der Waals surface area contributed by atoms with Crippen LogP contribution in [-0.2, 0) is 9.59 Å². The van der Waals surface area contributed by atoms with E-state index in [1.54, 1.807) is 12.1 Å². The molecule has 0 amide bonds. The summed E-state index contributed by atoms with van der Waals surface area (Å²) in [6.07, 6.45) is 7.59. The lowest BCUT2D eigenvalue weighted by Gasteiger charge is -2.30. The molecular formula is C62H84O6S2. The molecule has 0 saturated carbocycles. The quantitative estimate of drug-likeness (QED) is 0.0563. The van der Waals surface area contributed by atoms with Crippen molar-refractivity contribution in [1.82, 2.24) is 0 Å². The first-order valence-electron chi connectivity index (χ1n) is 25.8. The van der Waals surface area contributed by atoms with E-state index in [4.69, 9.17) is 9.47 Å². The maximum Gasteiger partial charge on any atom is 0.314 e. The maximum atomic E-state index is 14.4. The van der Waals surface area contributed by atoms with Crippen LogP contribution in [0.2, 0.25) is 0 Å². The van der Waals surface area contributed by atoms with E-state index in [9.17, 15) is 19.2 Å². The van der Waals surface area contributed by atoms with E-state index in [-0.39, 0.29) is 68.8 Å². The second-order valence-electron chi connectivity index (χ2n) is 25.6. The molecule has 1 aliphatic rings. The molecule has 8 heteroatoms. The fourth-order valence-corrected chi connectivity index (χ4v) is 12.4. The van der Waals surface area contributed by atoms with E-state index in [1.165, 1.54) is 23.5 Å². The minimum absolute atomic E-state index is 0.0909. The normalized spacial score (nSPS) is 15.8.